The Morgan fingerprint density at radius 3 is 1.64 bits per heavy atom. The van der Waals surface area contributed by atoms with Crippen LogP contribution >= 0.6 is 0 Å². The van der Waals surface area contributed by atoms with Gasteiger partial charge in [0.15, 0.2) is 0 Å². The summed E-state index contributed by atoms with van der Waals surface area (Å²) < 4.78 is 40.8. The van der Waals surface area contributed by atoms with Crippen LogP contribution in [0.15, 0.2) is 126 Å². The minimum Gasteiger partial charge on any atom is -0.457 e. The number of rotatable bonds is 8. The van der Waals surface area contributed by atoms with Crippen LogP contribution in [-0.2, 0) is 30.7 Å². The van der Waals surface area contributed by atoms with Crippen LogP contribution in [0.3, 0.4) is 0 Å². The SMILES string of the molecule is O=C1OC(COC(c2ccccc2)(c2ccccc2)c2ccccc2)CC1(F)S(=O)c1ccccc1. The van der Waals surface area contributed by atoms with Crippen molar-refractivity contribution in [2.24, 2.45) is 0 Å². The van der Waals surface area contributed by atoms with Gasteiger partial charge in [0.25, 0.3) is 5.00 Å². The van der Waals surface area contributed by atoms with Crippen molar-refractivity contribution in [2.45, 2.75) is 28.0 Å². The molecule has 0 amide bonds. The van der Waals surface area contributed by atoms with Crippen LogP contribution < -0.4 is 0 Å². The predicted molar refractivity (Wildman–Crippen MR) is 136 cm³/mol. The lowest BCUT2D eigenvalue weighted by Gasteiger charge is -2.36. The number of benzene rings is 4. The quantitative estimate of drug-likeness (QED) is 0.227. The zero-order valence-corrected chi connectivity index (χ0v) is 20.3. The molecule has 4 aromatic carbocycles. The lowest BCUT2D eigenvalue weighted by atomic mass is 9.80. The lowest BCUT2D eigenvalue weighted by Crippen LogP contribution is -2.36. The van der Waals surface area contributed by atoms with E-state index in [-0.39, 0.29) is 17.9 Å². The van der Waals surface area contributed by atoms with Crippen LogP contribution in [0.5, 0.6) is 0 Å². The summed E-state index contributed by atoms with van der Waals surface area (Å²) in [5.74, 6) is -1.12. The molecule has 0 radical (unpaired) electrons. The first kappa shape index (κ1) is 24.1. The van der Waals surface area contributed by atoms with E-state index in [0.29, 0.717) is 0 Å². The second kappa shape index (κ2) is 10.2. The molecule has 182 valence electrons. The smallest absolute Gasteiger partial charge is 0.358 e. The molecule has 1 heterocycles. The van der Waals surface area contributed by atoms with E-state index in [2.05, 4.69) is 0 Å². The van der Waals surface area contributed by atoms with Gasteiger partial charge in [-0.1, -0.05) is 109 Å². The summed E-state index contributed by atoms with van der Waals surface area (Å²) in [7, 11) is -2.20. The molecule has 36 heavy (non-hydrogen) atoms. The van der Waals surface area contributed by atoms with Gasteiger partial charge in [0.2, 0.25) is 0 Å². The van der Waals surface area contributed by atoms with E-state index < -0.39 is 33.5 Å². The van der Waals surface area contributed by atoms with Gasteiger partial charge >= 0.3 is 5.97 Å². The average molecular weight is 501 g/mol. The molecule has 0 spiro atoms. The Labute approximate surface area is 212 Å². The van der Waals surface area contributed by atoms with E-state index in [1.54, 1.807) is 30.3 Å². The maximum absolute atomic E-state index is 15.8. The first-order valence-corrected chi connectivity index (χ1v) is 12.9. The maximum Gasteiger partial charge on any atom is 0.358 e. The largest absolute Gasteiger partial charge is 0.457 e. The van der Waals surface area contributed by atoms with Gasteiger partial charge in [-0.05, 0) is 28.8 Å². The lowest BCUT2D eigenvalue weighted by molar-refractivity contribution is -0.149. The van der Waals surface area contributed by atoms with Crippen molar-refractivity contribution in [2.75, 3.05) is 6.61 Å². The summed E-state index contributed by atoms with van der Waals surface area (Å²) in [5.41, 5.74) is 1.61. The van der Waals surface area contributed by atoms with E-state index in [9.17, 15) is 9.00 Å². The van der Waals surface area contributed by atoms with Crippen molar-refractivity contribution in [3.8, 4) is 0 Å². The van der Waals surface area contributed by atoms with Gasteiger partial charge in [0.05, 0.1) is 6.61 Å². The van der Waals surface area contributed by atoms with Crippen LogP contribution in [0, 0.1) is 0 Å². The summed E-state index contributed by atoms with van der Waals surface area (Å²) in [6, 6.07) is 37.4. The Morgan fingerprint density at radius 2 is 1.19 bits per heavy atom. The number of ether oxygens (including phenoxy) is 2. The summed E-state index contributed by atoms with van der Waals surface area (Å²) in [4.78, 5) is 12.9. The van der Waals surface area contributed by atoms with Gasteiger partial charge in [-0.25, -0.2) is 9.18 Å². The third-order valence-electron chi connectivity index (χ3n) is 6.35. The van der Waals surface area contributed by atoms with Gasteiger partial charge < -0.3 is 9.47 Å². The van der Waals surface area contributed by atoms with Crippen molar-refractivity contribution in [3.63, 3.8) is 0 Å². The third-order valence-corrected chi connectivity index (χ3v) is 7.97. The highest BCUT2D eigenvalue weighted by Crippen LogP contribution is 2.42. The fraction of sp³-hybridized carbons (Fsp3) is 0.167. The molecule has 0 saturated carbocycles. The van der Waals surface area contributed by atoms with E-state index in [1.807, 2.05) is 91.0 Å². The number of alkyl halides is 1. The highest BCUT2D eigenvalue weighted by molar-refractivity contribution is 7.87. The molecule has 3 unspecified atom stereocenters. The van der Waals surface area contributed by atoms with Gasteiger partial charge in [0, 0.05) is 11.3 Å². The minimum absolute atomic E-state index is 0.0813. The Kier molecular flexibility index (Phi) is 6.81. The second-order valence-electron chi connectivity index (χ2n) is 8.63. The van der Waals surface area contributed by atoms with Crippen LogP contribution in [0.25, 0.3) is 0 Å². The number of hydrogen-bond acceptors (Lipinski definition) is 4. The zero-order valence-electron chi connectivity index (χ0n) is 19.5. The Bertz CT molecular complexity index is 1240. The molecule has 0 aliphatic carbocycles. The number of halogens is 1. The van der Waals surface area contributed by atoms with Crippen LogP contribution in [-0.4, -0.2) is 27.9 Å². The number of esters is 1. The normalized spacial score (nSPS) is 20.6. The topological polar surface area (TPSA) is 52.6 Å². The molecule has 0 N–H and O–H groups in total. The van der Waals surface area contributed by atoms with Gasteiger partial charge in [0.1, 0.15) is 22.5 Å². The van der Waals surface area contributed by atoms with E-state index in [0.717, 1.165) is 16.7 Å². The molecule has 6 heteroatoms. The zero-order chi connectivity index (χ0) is 25.0. The molecule has 4 aromatic rings. The fourth-order valence-electron chi connectivity index (χ4n) is 4.62. The molecule has 1 aliphatic rings. The average Bonchev–Trinajstić information content (AvgIpc) is 3.25. The summed E-state index contributed by atoms with van der Waals surface area (Å²) in [6.07, 6.45) is -1.26. The Balaban J connectivity index is 1.49. The predicted octanol–water partition coefficient (Wildman–Crippen LogP) is 5.78. The first-order valence-electron chi connectivity index (χ1n) is 11.7. The minimum atomic E-state index is -2.63. The van der Waals surface area contributed by atoms with Crippen LogP contribution in [0.1, 0.15) is 23.1 Å². The molecule has 3 atom stereocenters. The van der Waals surface area contributed by atoms with Crippen LogP contribution in [0.4, 0.5) is 4.39 Å². The number of cyclic esters (lactones) is 1. The monoisotopic (exact) mass is 500 g/mol. The second-order valence-corrected chi connectivity index (χ2v) is 10.3. The van der Waals surface area contributed by atoms with Gasteiger partial charge in [-0.15, -0.1) is 0 Å². The highest BCUT2D eigenvalue weighted by Gasteiger charge is 2.56. The molecular formula is C30H25FO4S. The summed E-state index contributed by atoms with van der Waals surface area (Å²) in [6.45, 7) is -0.0813. The summed E-state index contributed by atoms with van der Waals surface area (Å²) in [5, 5.41) is -2.63. The maximum atomic E-state index is 15.8. The van der Waals surface area contributed by atoms with Crippen molar-refractivity contribution >= 4 is 16.8 Å². The standard InChI is InChI=1S/C30H25FO4S/c31-29(36(33)27-19-11-4-12-20-27)21-26(35-28(29)32)22-34-30(23-13-5-1-6-14-23,24-15-7-2-8-16-24)25-17-9-3-10-18-25/h1-20,26H,21-22H2. The fourth-order valence-corrected chi connectivity index (χ4v) is 5.93. The molecule has 0 bridgehead atoms. The Hall–Kier alpha value is -3.61. The van der Waals surface area contributed by atoms with E-state index >= 15 is 4.39 Å². The molecule has 1 fully saturated rings. The number of carbonyl (C=O) groups is 1. The summed E-state index contributed by atoms with van der Waals surface area (Å²) >= 11 is 0. The first-order chi connectivity index (χ1) is 17.5. The van der Waals surface area contributed by atoms with Crippen molar-refractivity contribution in [1.29, 1.82) is 0 Å². The van der Waals surface area contributed by atoms with Gasteiger partial charge in [-0.3, -0.25) is 4.21 Å². The molecule has 4 nitrogen and oxygen atoms in total. The highest BCUT2D eigenvalue weighted by atomic mass is 32.2. The Morgan fingerprint density at radius 1 is 0.778 bits per heavy atom. The van der Waals surface area contributed by atoms with Gasteiger partial charge in [-0.2, -0.15) is 0 Å². The van der Waals surface area contributed by atoms with Crippen LogP contribution in [0.2, 0.25) is 0 Å². The van der Waals surface area contributed by atoms with Crippen molar-refractivity contribution in [1.82, 2.24) is 0 Å². The van der Waals surface area contributed by atoms with Crippen molar-refractivity contribution < 1.29 is 22.9 Å². The molecule has 1 saturated heterocycles. The molecular weight excluding hydrogens is 475 g/mol. The van der Waals surface area contributed by atoms with Crippen molar-refractivity contribution in [3.05, 3.63) is 138 Å². The molecule has 0 aromatic heterocycles. The third kappa shape index (κ3) is 4.38. The molecule has 1 aliphatic heterocycles. The molecule has 5 rings (SSSR count). The number of carbonyl (C=O) groups excluding carboxylic acids is 1. The van der Waals surface area contributed by atoms with E-state index in [4.69, 9.17) is 9.47 Å². The number of hydrogen-bond donors (Lipinski definition) is 0. The van der Waals surface area contributed by atoms with E-state index in [1.165, 1.54) is 0 Å².